The molecule has 0 rings (SSSR count). The molecule has 0 aromatic carbocycles. The minimum atomic E-state index is -9.57. The van der Waals surface area contributed by atoms with Gasteiger partial charge in [0.2, 0.25) is 0 Å². The average Bonchev–Trinajstić information content (AvgIpc) is 3.24. The second-order valence-electron chi connectivity index (χ2n) is 15.5. The summed E-state index contributed by atoms with van der Waals surface area (Å²) >= 11 is 0. The largest absolute Gasteiger partial charge is 0.566 e. The third-order valence-corrected chi connectivity index (χ3v) is 10.5. The molecule has 0 aliphatic heterocycles. The van der Waals surface area contributed by atoms with Crippen molar-refractivity contribution in [3.8, 4) is 0 Å². The Morgan fingerprint density at radius 2 is 0.395 bits per heavy atom. The van der Waals surface area contributed by atoms with E-state index in [4.69, 9.17) is 10.2 Å². The molecule has 0 radical (unpaired) electrons. The third kappa shape index (κ3) is 13.2. The molecule has 10 nitrogen and oxygen atoms in total. The Labute approximate surface area is 439 Å². The Kier molecular flexibility index (Phi) is 25.6. The van der Waals surface area contributed by atoms with Crippen molar-refractivity contribution in [3.05, 3.63) is 0 Å². The monoisotopic (exact) mass is 1450 g/mol. The topological polar surface area (TPSA) is 212 Å². The van der Waals surface area contributed by atoms with Gasteiger partial charge in [0.1, 0.15) is 13.2 Å². The molecular formula is C28H20F46N2O8P2+2. The number of hydrogen-bond acceptors (Lipinski definition) is 8. The van der Waals surface area contributed by atoms with Gasteiger partial charge in [-0.1, -0.05) is 0 Å². The van der Waals surface area contributed by atoms with Crippen LogP contribution in [0.1, 0.15) is 12.8 Å². The van der Waals surface area contributed by atoms with Gasteiger partial charge >= 0.3 is 147 Å². The first kappa shape index (κ1) is 89.1. The Morgan fingerprint density at radius 3 is 0.523 bits per heavy atom. The number of aliphatic hydroxyl groups is 2. The van der Waals surface area contributed by atoms with E-state index in [2.05, 4.69) is 9.05 Å². The first-order valence-corrected chi connectivity index (χ1v) is 20.4. The van der Waals surface area contributed by atoms with Gasteiger partial charge in [0, 0.05) is 12.8 Å². The molecule has 0 saturated heterocycles. The molecule has 4 unspecified atom stereocenters. The smallest absolute Gasteiger partial charge is 0.488 e. The SMILES string of the molecule is O=[P+]([O-])OCC(O)CC(F)(F)C(F)(F)C(F)(F)C(F)(F)C(F)(F)C(F)(F)C(F)(F)C(F)(F)C(F)(C(F)(F)F)C(F)(F)F.O=[P+]([O-])OCC(O)CC(F)(F)C(F)(F)C(F)(F)C(F)(F)C(F)(F)C(F)(F)C(F)(F)C(F)(F)C(F)(C(F)(F)F)C(F)(F)F.[NH4+].[NH4+]. The van der Waals surface area contributed by atoms with E-state index >= 15 is 0 Å². The van der Waals surface area contributed by atoms with Gasteiger partial charge in [-0.25, -0.2) is 8.78 Å². The zero-order valence-corrected chi connectivity index (χ0v) is 40.4. The summed E-state index contributed by atoms with van der Waals surface area (Å²) in [5.74, 6) is -144. The molecule has 86 heavy (non-hydrogen) atoms. The van der Waals surface area contributed by atoms with E-state index in [1.54, 1.807) is 0 Å². The highest BCUT2D eigenvalue weighted by Gasteiger charge is 3.02. The van der Waals surface area contributed by atoms with Crippen molar-refractivity contribution in [1.29, 1.82) is 0 Å². The van der Waals surface area contributed by atoms with Crippen LogP contribution >= 0.6 is 16.5 Å². The van der Waals surface area contributed by atoms with E-state index in [1.807, 2.05) is 0 Å². The Balaban J connectivity index is -0.000000764. The maximum Gasteiger partial charge on any atom is 0.488 e. The molecule has 10 N–H and O–H groups in total. The van der Waals surface area contributed by atoms with Crippen LogP contribution in [0.5, 0.6) is 0 Å². The third-order valence-electron chi connectivity index (χ3n) is 9.81. The zero-order chi connectivity index (χ0) is 69.6. The number of aliphatic hydroxyl groups excluding tert-OH is 2. The first-order chi connectivity index (χ1) is 35.6. The summed E-state index contributed by atoms with van der Waals surface area (Å²) < 4.78 is 638. The summed E-state index contributed by atoms with van der Waals surface area (Å²) in [6.45, 7) is -4.24. The predicted octanol–water partition coefficient (Wildman–Crippen LogP) is 14.1. The van der Waals surface area contributed by atoms with Crippen molar-refractivity contribution >= 4 is 16.5 Å². The molecule has 0 fully saturated rings. The van der Waals surface area contributed by atoms with E-state index in [9.17, 15) is 221 Å². The molecule has 0 spiro atoms. The standard InChI is InChI=1S/2C14H6F23O4P.2H3N/c2*15-4(16,1-3(38)2-41-42(39)40)6(18,19)8(22,23)10(26,27)12(30,31)11(28,29)9(24,25)7(20,21)5(17,13(32,33)34)14(35,36)37;;/h2*3,38H,1-2H2;2*1H3/p+2. The minimum absolute atomic E-state index is 0. The van der Waals surface area contributed by atoms with Crippen molar-refractivity contribution in [1.82, 2.24) is 12.3 Å². The predicted molar refractivity (Wildman–Crippen MR) is 171 cm³/mol. The molecule has 0 aromatic heterocycles. The van der Waals surface area contributed by atoms with E-state index in [1.165, 1.54) is 0 Å². The maximum absolute atomic E-state index is 13.7. The van der Waals surface area contributed by atoms with Crippen LogP contribution in [0, 0.1) is 0 Å². The van der Waals surface area contributed by atoms with Crippen LogP contribution in [0.25, 0.3) is 0 Å². The normalized spacial score (nSPS) is 17.0. The van der Waals surface area contributed by atoms with Gasteiger partial charge in [-0.05, 0) is 9.13 Å². The van der Waals surface area contributed by atoms with Gasteiger partial charge in [0.05, 0.1) is 12.2 Å². The molecular weight excluding hydrogens is 1430 g/mol. The summed E-state index contributed by atoms with van der Waals surface area (Å²) in [6, 6.07) is 0. The molecule has 0 heterocycles. The molecule has 0 aliphatic rings. The second-order valence-corrected chi connectivity index (χ2v) is 16.9. The van der Waals surface area contributed by atoms with Gasteiger partial charge in [0.15, 0.2) is 0 Å². The van der Waals surface area contributed by atoms with Crippen LogP contribution in [0.15, 0.2) is 0 Å². The van der Waals surface area contributed by atoms with Crippen molar-refractivity contribution in [3.63, 3.8) is 0 Å². The number of halogens is 46. The fourth-order valence-corrected chi connectivity index (χ4v) is 5.74. The molecule has 520 valence electrons. The fraction of sp³-hybridized carbons (Fsp3) is 1.00. The van der Waals surface area contributed by atoms with Gasteiger partial charge in [-0.2, -0.15) is 193 Å². The molecule has 0 aromatic rings. The van der Waals surface area contributed by atoms with Crippen LogP contribution in [0.4, 0.5) is 202 Å². The lowest BCUT2D eigenvalue weighted by Gasteiger charge is -2.46. The summed E-state index contributed by atoms with van der Waals surface area (Å²) in [4.78, 5) is 20.0. The van der Waals surface area contributed by atoms with E-state index in [0.717, 1.165) is 0 Å². The fourth-order valence-electron chi connectivity index (χ4n) is 5.16. The van der Waals surface area contributed by atoms with E-state index < -0.39 is 186 Å². The lowest BCUT2D eigenvalue weighted by molar-refractivity contribution is -0.481. The van der Waals surface area contributed by atoms with Crippen LogP contribution < -0.4 is 22.1 Å². The molecule has 4 atom stereocenters. The number of hydrogen-bond donors (Lipinski definition) is 4. The lowest BCUT2D eigenvalue weighted by Crippen LogP contribution is -2.79. The van der Waals surface area contributed by atoms with Crippen LogP contribution in [0.3, 0.4) is 0 Å². The first-order valence-electron chi connectivity index (χ1n) is 18.2. The van der Waals surface area contributed by atoms with E-state index in [-0.39, 0.29) is 12.3 Å². The summed E-state index contributed by atoms with van der Waals surface area (Å²) in [5.41, 5.74) is -18.2. The Bertz CT molecular complexity index is 2110. The lowest BCUT2D eigenvalue weighted by atomic mass is 9.82. The highest BCUT2D eigenvalue weighted by molar-refractivity contribution is 7.30. The number of rotatable bonds is 26. The van der Waals surface area contributed by atoms with Crippen molar-refractivity contribution in [2.75, 3.05) is 13.2 Å². The highest BCUT2D eigenvalue weighted by Crippen LogP contribution is 2.70. The molecule has 58 heteroatoms. The van der Waals surface area contributed by atoms with Gasteiger partial charge in [-0.15, -0.1) is 9.05 Å². The van der Waals surface area contributed by atoms with Crippen molar-refractivity contribution in [2.24, 2.45) is 0 Å². The van der Waals surface area contributed by atoms with Gasteiger partial charge in [0.25, 0.3) is 0 Å². The summed E-state index contributed by atoms with van der Waals surface area (Å²) in [5, 5.41) is 17.7. The molecule has 0 saturated carbocycles. The Hall–Kier alpha value is -3.34. The van der Waals surface area contributed by atoms with Crippen molar-refractivity contribution < 1.29 is 240 Å². The summed E-state index contributed by atoms with van der Waals surface area (Å²) in [6.07, 6.45) is -48.2. The van der Waals surface area contributed by atoms with Crippen molar-refractivity contribution in [2.45, 2.75) is 156 Å². The van der Waals surface area contributed by atoms with Crippen LogP contribution in [-0.2, 0) is 18.2 Å². The minimum Gasteiger partial charge on any atom is -0.566 e. The number of quaternary nitrogens is 2. The van der Waals surface area contributed by atoms with Crippen LogP contribution in [-0.4, -0.2) is 166 Å². The highest BCUT2D eigenvalue weighted by atomic mass is 31.1. The summed E-state index contributed by atoms with van der Waals surface area (Å²) in [7, 11) is -8.32. The average molecular weight is 1450 g/mol. The molecule has 0 amide bonds. The molecule has 0 aliphatic carbocycles. The Morgan fingerprint density at radius 1 is 0.267 bits per heavy atom. The molecule has 0 bridgehead atoms. The maximum atomic E-state index is 13.7. The van der Waals surface area contributed by atoms with Crippen LogP contribution in [0.2, 0.25) is 0 Å². The number of alkyl halides is 46. The van der Waals surface area contributed by atoms with E-state index in [0.29, 0.717) is 0 Å². The van der Waals surface area contributed by atoms with Gasteiger partial charge < -0.3 is 32.3 Å². The van der Waals surface area contributed by atoms with Gasteiger partial charge in [-0.3, -0.25) is 0 Å². The zero-order valence-electron chi connectivity index (χ0n) is 38.6. The second kappa shape index (κ2) is 24.7. The quantitative estimate of drug-likeness (QED) is 0.0482.